The lowest BCUT2D eigenvalue weighted by Gasteiger charge is -2.56. The molecule has 3 unspecified atom stereocenters. The molecule has 1 saturated carbocycles. The van der Waals surface area contributed by atoms with Crippen LogP contribution >= 0.6 is 0 Å². The average molecular weight is 318 g/mol. The lowest BCUT2D eigenvalue weighted by molar-refractivity contribution is -0.210. The molecule has 2 fully saturated rings. The minimum Gasteiger partial charge on any atom is -0.392 e. The third kappa shape index (κ3) is 2.89. The van der Waals surface area contributed by atoms with Crippen LogP contribution in [-0.4, -0.2) is 47.8 Å². The van der Waals surface area contributed by atoms with E-state index in [2.05, 4.69) is 0 Å². The number of rotatable bonds is 4. The first-order chi connectivity index (χ1) is 11.1. The van der Waals surface area contributed by atoms with Gasteiger partial charge < -0.3 is 20.5 Å². The van der Waals surface area contributed by atoms with Crippen molar-refractivity contribution in [3.8, 4) is 0 Å². The van der Waals surface area contributed by atoms with Crippen LogP contribution in [0.4, 0.5) is 0 Å². The molecule has 3 rings (SSSR count). The Morgan fingerprint density at radius 1 is 1.39 bits per heavy atom. The fourth-order valence-corrected chi connectivity index (χ4v) is 3.96. The summed E-state index contributed by atoms with van der Waals surface area (Å²) in [6.45, 7) is 3.93. The Morgan fingerprint density at radius 3 is 2.61 bits per heavy atom. The van der Waals surface area contributed by atoms with Crippen molar-refractivity contribution in [2.75, 3.05) is 19.7 Å². The van der Waals surface area contributed by atoms with E-state index >= 15 is 0 Å². The highest BCUT2D eigenvalue weighted by molar-refractivity contribution is 5.83. The standard InChI is InChI=1S/C18H26N2O3/c1-2-23-15-12-14(21)18(15)8-10-20(11-9-18)17(22)16(19)13-6-4-3-5-7-13/h3-7,14-16,21H,2,8-12,19H2,1H3. The highest BCUT2D eigenvalue weighted by Gasteiger charge is 2.56. The predicted octanol–water partition coefficient (Wildman–Crippen LogP) is 1.46. The monoisotopic (exact) mass is 318 g/mol. The maximum atomic E-state index is 12.6. The first-order valence-electron chi connectivity index (χ1n) is 8.47. The van der Waals surface area contributed by atoms with E-state index in [0.717, 1.165) is 18.4 Å². The van der Waals surface area contributed by atoms with E-state index in [1.807, 2.05) is 42.2 Å². The molecule has 3 atom stereocenters. The summed E-state index contributed by atoms with van der Waals surface area (Å²) in [6.07, 6.45) is 2.10. The van der Waals surface area contributed by atoms with Crippen molar-refractivity contribution in [3.05, 3.63) is 35.9 Å². The Balaban J connectivity index is 1.61. The zero-order chi connectivity index (χ0) is 16.4. The van der Waals surface area contributed by atoms with E-state index in [1.165, 1.54) is 0 Å². The van der Waals surface area contributed by atoms with Crippen molar-refractivity contribution in [2.45, 2.75) is 44.4 Å². The van der Waals surface area contributed by atoms with Gasteiger partial charge in [-0.05, 0) is 25.3 Å². The number of piperidine rings is 1. The second kappa shape index (κ2) is 6.59. The molecular formula is C18H26N2O3. The third-order valence-electron chi connectivity index (χ3n) is 5.54. The zero-order valence-electron chi connectivity index (χ0n) is 13.6. The molecule has 1 spiro atoms. The Hall–Kier alpha value is -1.43. The second-order valence-electron chi connectivity index (χ2n) is 6.64. The Kier molecular flexibility index (Phi) is 4.71. The summed E-state index contributed by atoms with van der Waals surface area (Å²) < 4.78 is 5.77. The maximum Gasteiger partial charge on any atom is 0.244 e. The van der Waals surface area contributed by atoms with E-state index in [-0.39, 0.29) is 23.5 Å². The van der Waals surface area contributed by atoms with Gasteiger partial charge in [-0.1, -0.05) is 30.3 Å². The number of carbonyl (C=O) groups excluding carboxylic acids is 1. The third-order valence-corrected chi connectivity index (χ3v) is 5.54. The van der Waals surface area contributed by atoms with Crippen LogP contribution in [0, 0.1) is 5.41 Å². The molecule has 1 aliphatic heterocycles. The molecule has 1 aliphatic carbocycles. The van der Waals surface area contributed by atoms with Gasteiger partial charge in [0.2, 0.25) is 5.91 Å². The number of aliphatic hydroxyl groups excluding tert-OH is 1. The Bertz CT molecular complexity index is 538. The SMILES string of the molecule is CCOC1CC(O)C12CCN(C(=O)C(N)c1ccccc1)CC2. The number of nitrogens with two attached hydrogens (primary N) is 1. The first kappa shape index (κ1) is 16.4. The predicted molar refractivity (Wildman–Crippen MR) is 87.7 cm³/mol. The van der Waals surface area contributed by atoms with Gasteiger partial charge in [-0.25, -0.2) is 0 Å². The Labute approximate surface area is 137 Å². The van der Waals surface area contributed by atoms with Gasteiger partial charge in [-0.3, -0.25) is 4.79 Å². The molecule has 1 amide bonds. The Morgan fingerprint density at radius 2 is 2.04 bits per heavy atom. The maximum absolute atomic E-state index is 12.6. The molecule has 5 nitrogen and oxygen atoms in total. The zero-order valence-corrected chi connectivity index (χ0v) is 13.6. The molecule has 0 bridgehead atoms. The molecule has 23 heavy (non-hydrogen) atoms. The fourth-order valence-electron chi connectivity index (χ4n) is 3.96. The van der Waals surface area contributed by atoms with Crippen LogP contribution in [0.3, 0.4) is 0 Å². The normalized spacial score (nSPS) is 27.5. The smallest absolute Gasteiger partial charge is 0.244 e. The van der Waals surface area contributed by atoms with Gasteiger partial charge in [-0.2, -0.15) is 0 Å². The van der Waals surface area contributed by atoms with Crippen molar-refractivity contribution in [1.82, 2.24) is 4.90 Å². The van der Waals surface area contributed by atoms with E-state index in [1.54, 1.807) is 0 Å². The number of carbonyl (C=O) groups is 1. The van der Waals surface area contributed by atoms with Crippen LogP contribution in [0.15, 0.2) is 30.3 Å². The lowest BCUT2D eigenvalue weighted by atomic mass is 9.58. The summed E-state index contributed by atoms with van der Waals surface area (Å²) in [5.74, 6) is -0.0344. The number of benzene rings is 1. The number of nitrogens with zero attached hydrogens (tertiary/aromatic N) is 1. The van der Waals surface area contributed by atoms with E-state index in [0.29, 0.717) is 26.1 Å². The molecular weight excluding hydrogens is 292 g/mol. The quantitative estimate of drug-likeness (QED) is 0.881. The van der Waals surface area contributed by atoms with E-state index in [4.69, 9.17) is 10.5 Å². The molecule has 0 aromatic heterocycles. The number of hydrogen-bond acceptors (Lipinski definition) is 4. The molecule has 2 aliphatic rings. The summed E-state index contributed by atoms with van der Waals surface area (Å²) in [6, 6.07) is 8.86. The molecule has 5 heteroatoms. The van der Waals surface area contributed by atoms with Gasteiger partial charge in [0, 0.05) is 31.5 Å². The highest BCUT2D eigenvalue weighted by Crippen LogP contribution is 2.51. The molecule has 1 heterocycles. The van der Waals surface area contributed by atoms with E-state index in [9.17, 15) is 9.90 Å². The van der Waals surface area contributed by atoms with Gasteiger partial charge >= 0.3 is 0 Å². The molecule has 1 saturated heterocycles. The summed E-state index contributed by atoms with van der Waals surface area (Å²) in [4.78, 5) is 14.4. The molecule has 1 aromatic carbocycles. The number of ether oxygens (including phenoxy) is 1. The van der Waals surface area contributed by atoms with Gasteiger partial charge in [-0.15, -0.1) is 0 Å². The summed E-state index contributed by atoms with van der Waals surface area (Å²) in [7, 11) is 0. The highest BCUT2D eigenvalue weighted by atomic mass is 16.5. The van der Waals surface area contributed by atoms with Gasteiger partial charge in [0.25, 0.3) is 0 Å². The van der Waals surface area contributed by atoms with Crippen LogP contribution in [0.2, 0.25) is 0 Å². The van der Waals surface area contributed by atoms with Crippen molar-refractivity contribution in [1.29, 1.82) is 0 Å². The molecule has 0 radical (unpaired) electrons. The van der Waals surface area contributed by atoms with Crippen molar-refractivity contribution < 1.29 is 14.6 Å². The topological polar surface area (TPSA) is 75.8 Å². The number of aliphatic hydroxyl groups is 1. The fraction of sp³-hybridized carbons (Fsp3) is 0.611. The molecule has 3 N–H and O–H groups in total. The van der Waals surface area contributed by atoms with Gasteiger partial charge in [0.1, 0.15) is 6.04 Å². The molecule has 126 valence electrons. The van der Waals surface area contributed by atoms with Crippen molar-refractivity contribution in [3.63, 3.8) is 0 Å². The van der Waals surface area contributed by atoms with Crippen LogP contribution in [0.5, 0.6) is 0 Å². The number of hydrogen-bond donors (Lipinski definition) is 2. The molecule has 1 aromatic rings. The van der Waals surface area contributed by atoms with E-state index < -0.39 is 6.04 Å². The first-order valence-corrected chi connectivity index (χ1v) is 8.47. The van der Waals surface area contributed by atoms with Gasteiger partial charge in [0.05, 0.1) is 12.2 Å². The minimum absolute atomic E-state index is 0.0344. The summed E-state index contributed by atoms with van der Waals surface area (Å²) >= 11 is 0. The van der Waals surface area contributed by atoms with Crippen molar-refractivity contribution in [2.24, 2.45) is 11.1 Å². The van der Waals surface area contributed by atoms with Crippen molar-refractivity contribution >= 4 is 5.91 Å². The summed E-state index contributed by atoms with van der Waals surface area (Å²) in [5.41, 5.74) is 6.80. The van der Waals surface area contributed by atoms with Crippen LogP contribution in [0.25, 0.3) is 0 Å². The van der Waals surface area contributed by atoms with Crippen LogP contribution < -0.4 is 5.73 Å². The van der Waals surface area contributed by atoms with Gasteiger partial charge in [0.15, 0.2) is 0 Å². The minimum atomic E-state index is -0.612. The summed E-state index contributed by atoms with van der Waals surface area (Å²) in [5, 5.41) is 10.2. The number of likely N-dealkylation sites (tertiary alicyclic amines) is 1. The number of amides is 1. The second-order valence-corrected chi connectivity index (χ2v) is 6.64. The average Bonchev–Trinajstić information content (AvgIpc) is 2.61. The lowest BCUT2D eigenvalue weighted by Crippen LogP contribution is -2.63. The van der Waals surface area contributed by atoms with Crippen LogP contribution in [-0.2, 0) is 9.53 Å². The van der Waals surface area contributed by atoms with Crippen LogP contribution in [0.1, 0.15) is 37.8 Å². The largest absolute Gasteiger partial charge is 0.392 e.